The number of hydrogen-bond donors (Lipinski definition) is 2. The molecule has 13 heteroatoms. The number of para-hydroxylation sites is 1. The van der Waals surface area contributed by atoms with Crippen LogP contribution >= 0.6 is 0 Å². The van der Waals surface area contributed by atoms with Gasteiger partial charge in [-0.2, -0.15) is 0 Å². The quantitative estimate of drug-likeness (QED) is 0.328. The number of hydrogen-bond acceptors (Lipinski definition) is 6. The topological polar surface area (TPSA) is 112 Å². The Labute approximate surface area is 227 Å². The van der Waals surface area contributed by atoms with Crippen LogP contribution < -0.4 is 19.5 Å². The van der Waals surface area contributed by atoms with Crippen LogP contribution in [0.25, 0.3) is 11.0 Å². The molecule has 1 aliphatic heterocycles. The lowest BCUT2D eigenvalue weighted by Gasteiger charge is -2.13. The molecule has 2 heterocycles. The van der Waals surface area contributed by atoms with Crippen LogP contribution in [0.2, 0.25) is 0 Å². The lowest BCUT2D eigenvalue weighted by molar-refractivity contribution is -0.287. The molecule has 1 aromatic heterocycles. The van der Waals surface area contributed by atoms with E-state index in [4.69, 9.17) is 4.74 Å². The normalized spacial score (nSPS) is 16.7. The van der Waals surface area contributed by atoms with E-state index < -0.39 is 27.9 Å². The molecule has 3 aromatic carbocycles. The van der Waals surface area contributed by atoms with Gasteiger partial charge in [-0.05, 0) is 61.9 Å². The molecular weight excluding hydrogens is 549 g/mol. The number of fused-ring (bicyclic) bond motifs is 2. The summed E-state index contributed by atoms with van der Waals surface area (Å²) in [5.41, 5.74) is 0.612. The van der Waals surface area contributed by atoms with Gasteiger partial charge in [-0.15, -0.1) is 8.78 Å². The van der Waals surface area contributed by atoms with Crippen LogP contribution in [0.4, 0.5) is 13.2 Å². The second-order valence-electron chi connectivity index (χ2n) is 9.64. The largest absolute Gasteiger partial charge is 0.586 e. The van der Waals surface area contributed by atoms with E-state index in [1.54, 1.807) is 47.0 Å². The third kappa shape index (κ3) is 4.75. The third-order valence-corrected chi connectivity index (χ3v) is 8.32. The van der Waals surface area contributed by atoms with Crippen molar-refractivity contribution in [1.82, 2.24) is 19.6 Å². The van der Waals surface area contributed by atoms with E-state index in [-0.39, 0.29) is 48.2 Å². The minimum Gasteiger partial charge on any atom is -0.395 e. The van der Waals surface area contributed by atoms with Crippen LogP contribution in [-0.2, 0) is 28.8 Å². The van der Waals surface area contributed by atoms with Crippen molar-refractivity contribution in [3.63, 3.8) is 0 Å². The minimum absolute atomic E-state index is 0.00489. The highest BCUT2D eigenvalue weighted by Gasteiger charge is 2.50. The third-order valence-electron chi connectivity index (χ3n) is 6.89. The van der Waals surface area contributed by atoms with Gasteiger partial charge in [0.25, 0.3) is 5.91 Å². The number of imidazole rings is 1. The molecule has 0 spiro atoms. The maximum Gasteiger partial charge on any atom is 0.586 e. The molecule has 0 atom stereocenters. The molecule has 9 nitrogen and oxygen atoms in total. The Morgan fingerprint density at radius 2 is 1.80 bits per heavy atom. The van der Waals surface area contributed by atoms with Crippen molar-refractivity contribution >= 4 is 27.0 Å². The summed E-state index contributed by atoms with van der Waals surface area (Å²) in [7, 11) is -2.24. The first-order valence-electron chi connectivity index (χ1n) is 12.4. The number of ether oxygens (including phenoxy) is 2. The molecule has 208 valence electrons. The summed E-state index contributed by atoms with van der Waals surface area (Å²) in [6.07, 6.45) is -3.23. The maximum atomic E-state index is 15.3. The van der Waals surface area contributed by atoms with Crippen molar-refractivity contribution in [3.05, 3.63) is 83.2 Å². The minimum atomic E-state index is -3.79. The van der Waals surface area contributed by atoms with E-state index in [0.29, 0.717) is 27.7 Å². The number of amides is 1. The standard InChI is InChI=1S/C27H23F3N4O5S/c1-31-40(36,37)19-8-5-16(6-9-19)14-32-24(35)17-7-10-21-20(13-17)33-25(26(28)11-12-26)34(21)15-18-3-2-4-22-23(18)39-27(29,30)38-22/h2-10,13,31H,11-12,14-15H2,1H3,(H,32,35). The SMILES string of the molecule is CNS(=O)(=O)c1ccc(CNC(=O)c2ccc3c(c2)nc(C2(F)CC2)n3Cc2cccc3c2OC(F)(F)O3)cc1. The zero-order valence-corrected chi connectivity index (χ0v) is 21.9. The molecule has 0 saturated heterocycles. The van der Waals surface area contributed by atoms with Gasteiger partial charge in [0.1, 0.15) is 5.82 Å². The molecular formula is C27H23F3N4O5S. The van der Waals surface area contributed by atoms with Crippen LogP contribution in [0.1, 0.15) is 40.2 Å². The van der Waals surface area contributed by atoms with Gasteiger partial charge in [0.2, 0.25) is 10.0 Å². The second kappa shape index (κ2) is 9.24. The number of nitrogens with one attached hydrogen (secondary N) is 2. The Balaban J connectivity index is 1.25. The molecule has 40 heavy (non-hydrogen) atoms. The molecule has 1 saturated carbocycles. The summed E-state index contributed by atoms with van der Waals surface area (Å²) in [6, 6.07) is 15.4. The highest BCUT2D eigenvalue weighted by Crippen LogP contribution is 2.50. The van der Waals surface area contributed by atoms with Crippen molar-refractivity contribution in [2.75, 3.05) is 7.05 Å². The van der Waals surface area contributed by atoms with Crippen LogP contribution in [0.15, 0.2) is 65.6 Å². The summed E-state index contributed by atoms with van der Waals surface area (Å²) < 4.78 is 79.6. The predicted molar refractivity (Wildman–Crippen MR) is 137 cm³/mol. The Kier molecular flexibility index (Phi) is 6.04. The second-order valence-corrected chi connectivity index (χ2v) is 11.5. The smallest absolute Gasteiger partial charge is 0.395 e. The maximum absolute atomic E-state index is 15.3. The highest BCUT2D eigenvalue weighted by atomic mass is 32.2. The lowest BCUT2D eigenvalue weighted by Crippen LogP contribution is -2.26. The molecule has 6 rings (SSSR count). The van der Waals surface area contributed by atoms with Gasteiger partial charge in [0, 0.05) is 17.7 Å². The molecule has 0 unspecified atom stereocenters. The molecule has 2 aliphatic rings. The highest BCUT2D eigenvalue weighted by molar-refractivity contribution is 7.89. The van der Waals surface area contributed by atoms with Crippen LogP contribution in [0, 0.1) is 0 Å². The number of carbonyl (C=O) groups is 1. The monoisotopic (exact) mass is 572 g/mol. The Morgan fingerprint density at radius 3 is 2.50 bits per heavy atom. The first-order valence-corrected chi connectivity index (χ1v) is 13.8. The Bertz CT molecular complexity index is 1750. The summed E-state index contributed by atoms with van der Waals surface area (Å²) in [5, 5.41) is 2.78. The van der Waals surface area contributed by atoms with Gasteiger partial charge in [-0.3, -0.25) is 4.79 Å². The number of rotatable bonds is 8. The fourth-order valence-electron chi connectivity index (χ4n) is 4.62. The first-order chi connectivity index (χ1) is 19.0. The van der Waals surface area contributed by atoms with E-state index in [9.17, 15) is 22.0 Å². The van der Waals surface area contributed by atoms with Gasteiger partial charge >= 0.3 is 6.29 Å². The zero-order chi connectivity index (χ0) is 28.3. The van der Waals surface area contributed by atoms with Crippen LogP contribution in [0.3, 0.4) is 0 Å². The van der Waals surface area contributed by atoms with Gasteiger partial charge in [-0.1, -0.05) is 24.3 Å². The molecule has 1 fully saturated rings. The zero-order valence-electron chi connectivity index (χ0n) is 21.1. The summed E-state index contributed by atoms with van der Waals surface area (Å²) in [4.78, 5) is 17.5. The van der Waals surface area contributed by atoms with Crippen molar-refractivity contribution in [2.45, 2.75) is 42.8 Å². The summed E-state index contributed by atoms with van der Waals surface area (Å²) in [6.45, 7) is 0.154. The number of carbonyl (C=O) groups excluding carboxylic acids is 1. The van der Waals surface area contributed by atoms with Gasteiger partial charge in [0.05, 0.1) is 22.5 Å². The summed E-state index contributed by atoms with van der Waals surface area (Å²) in [5.74, 6) is -0.469. The fraction of sp³-hybridized carbons (Fsp3) is 0.259. The first kappa shape index (κ1) is 26.1. The molecule has 0 bridgehead atoms. The van der Waals surface area contributed by atoms with E-state index in [1.807, 2.05) is 0 Å². The van der Waals surface area contributed by atoms with E-state index in [2.05, 4.69) is 19.8 Å². The summed E-state index contributed by atoms with van der Waals surface area (Å²) >= 11 is 0. The number of nitrogens with zero attached hydrogens (tertiary/aromatic N) is 2. The molecule has 0 radical (unpaired) electrons. The van der Waals surface area contributed by atoms with Crippen LogP contribution in [-0.4, -0.2) is 37.2 Å². The van der Waals surface area contributed by atoms with E-state index >= 15 is 4.39 Å². The average Bonchev–Trinajstić information content (AvgIpc) is 3.44. The van der Waals surface area contributed by atoms with Gasteiger partial charge in [0.15, 0.2) is 17.2 Å². The van der Waals surface area contributed by atoms with E-state index in [1.165, 1.54) is 25.2 Å². The van der Waals surface area contributed by atoms with E-state index in [0.717, 1.165) is 0 Å². The number of sulfonamides is 1. The number of halogens is 3. The Hall–Kier alpha value is -4.10. The van der Waals surface area contributed by atoms with Crippen LogP contribution in [0.5, 0.6) is 11.5 Å². The molecule has 1 amide bonds. The van der Waals surface area contributed by atoms with Crippen molar-refractivity contribution in [1.29, 1.82) is 0 Å². The molecule has 4 aromatic rings. The van der Waals surface area contributed by atoms with Crippen molar-refractivity contribution in [2.24, 2.45) is 0 Å². The lowest BCUT2D eigenvalue weighted by atomic mass is 10.1. The number of alkyl halides is 3. The fourth-order valence-corrected chi connectivity index (χ4v) is 5.35. The predicted octanol–water partition coefficient (Wildman–Crippen LogP) is 4.20. The van der Waals surface area contributed by atoms with Gasteiger partial charge in [-0.25, -0.2) is 22.5 Å². The molecule has 2 N–H and O–H groups in total. The van der Waals surface area contributed by atoms with Gasteiger partial charge < -0.3 is 19.4 Å². The van der Waals surface area contributed by atoms with Crippen molar-refractivity contribution in [3.8, 4) is 11.5 Å². The number of benzene rings is 3. The molecule has 1 aliphatic carbocycles. The van der Waals surface area contributed by atoms with Crippen molar-refractivity contribution < 1.29 is 35.9 Å². The average molecular weight is 573 g/mol. The number of aromatic nitrogens is 2. The Morgan fingerprint density at radius 1 is 1.05 bits per heavy atom.